The summed E-state index contributed by atoms with van der Waals surface area (Å²) in [5.74, 6) is -0.689. The van der Waals surface area contributed by atoms with Crippen LogP contribution in [0.3, 0.4) is 0 Å². The number of thiocarbonyl (C=S) groups is 1. The van der Waals surface area contributed by atoms with Crippen molar-refractivity contribution in [3.63, 3.8) is 0 Å². The van der Waals surface area contributed by atoms with E-state index in [0.29, 0.717) is 0 Å². The van der Waals surface area contributed by atoms with Crippen molar-refractivity contribution in [3.05, 3.63) is 71.0 Å². The zero-order valence-electron chi connectivity index (χ0n) is 13.4. The van der Waals surface area contributed by atoms with Gasteiger partial charge in [-0.3, -0.25) is 15.6 Å². The van der Waals surface area contributed by atoms with Crippen molar-refractivity contribution in [2.24, 2.45) is 0 Å². The lowest BCUT2D eigenvalue weighted by Gasteiger charge is -2.13. The first-order chi connectivity index (χ1) is 11.5. The number of nitrogens with one attached hydrogen (secondary N) is 3. The van der Waals surface area contributed by atoms with Gasteiger partial charge in [-0.25, -0.2) is 4.39 Å². The second kappa shape index (κ2) is 8.21. The van der Waals surface area contributed by atoms with E-state index in [4.69, 9.17) is 12.2 Å². The van der Waals surface area contributed by atoms with Crippen LogP contribution in [0.2, 0.25) is 0 Å². The first kappa shape index (κ1) is 17.6. The molecular weight excluding hydrogens is 325 g/mol. The highest BCUT2D eigenvalue weighted by atomic mass is 32.1. The predicted octanol–water partition coefficient (Wildman–Crippen LogP) is 3.47. The molecule has 1 amide bonds. The topological polar surface area (TPSA) is 53.2 Å². The number of carbonyl (C=O) groups excluding carboxylic acids is 1. The minimum absolute atomic E-state index is 0.284. The van der Waals surface area contributed by atoms with Gasteiger partial charge in [0.15, 0.2) is 5.11 Å². The van der Waals surface area contributed by atoms with Gasteiger partial charge in [-0.15, -0.1) is 0 Å². The second-order valence-electron chi connectivity index (χ2n) is 5.20. The van der Waals surface area contributed by atoms with E-state index in [0.717, 1.165) is 22.4 Å². The highest BCUT2D eigenvalue weighted by Crippen LogP contribution is 2.17. The van der Waals surface area contributed by atoms with Crippen LogP contribution in [0.5, 0.6) is 0 Å². The van der Waals surface area contributed by atoms with Crippen LogP contribution in [0.15, 0.2) is 48.5 Å². The van der Waals surface area contributed by atoms with E-state index in [2.05, 4.69) is 16.2 Å². The molecule has 0 heterocycles. The van der Waals surface area contributed by atoms with Crippen LogP contribution >= 0.6 is 12.2 Å². The molecule has 124 valence electrons. The molecule has 0 saturated carbocycles. The van der Waals surface area contributed by atoms with Gasteiger partial charge in [0, 0.05) is 11.8 Å². The number of hydrogen-bond donors (Lipinski definition) is 3. The molecule has 0 aromatic heterocycles. The highest BCUT2D eigenvalue weighted by molar-refractivity contribution is 7.80. The first-order valence-corrected chi connectivity index (χ1v) is 7.73. The Bertz CT molecular complexity index is 772. The summed E-state index contributed by atoms with van der Waals surface area (Å²) in [4.78, 5) is 11.7. The Morgan fingerprint density at radius 3 is 2.50 bits per heavy atom. The molecule has 24 heavy (non-hydrogen) atoms. The number of hydrogen-bond acceptors (Lipinski definition) is 2. The highest BCUT2D eigenvalue weighted by Gasteiger charge is 2.03. The monoisotopic (exact) mass is 343 g/mol. The fraction of sp³-hybridized carbons (Fsp3) is 0.111. The van der Waals surface area contributed by atoms with Crippen molar-refractivity contribution in [1.29, 1.82) is 0 Å². The molecule has 0 spiro atoms. The van der Waals surface area contributed by atoms with Gasteiger partial charge in [-0.05, 0) is 67.0 Å². The maximum absolute atomic E-state index is 12.8. The summed E-state index contributed by atoms with van der Waals surface area (Å²) in [6.45, 7) is 4.00. The second-order valence-corrected chi connectivity index (χ2v) is 5.61. The summed E-state index contributed by atoms with van der Waals surface area (Å²) in [5, 5.41) is 3.31. The molecule has 6 heteroatoms. The van der Waals surface area contributed by atoms with Gasteiger partial charge >= 0.3 is 0 Å². The normalized spacial score (nSPS) is 10.5. The first-order valence-electron chi connectivity index (χ1n) is 7.32. The van der Waals surface area contributed by atoms with Crippen LogP contribution in [0, 0.1) is 19.7 Å². The summed E-state index contributed by atoms with van der Waals surface area (Å²) >= 11 is 5.15. The molecule has 0 unspecified atom stereocenters. The molecule has 4 nitrogen and oxygen atoms in total. The van der Waals surface area contributed by atoms with E-state index >= 15 is 0 Å². The van der Waals surface area contributed by atoms with Gasteiger partial charge in [0.05, 0.1) is 0 Å². The summed E-state index contributed by atoms with van der Waals surface area (Å²) in [5.41, 5.74) is 8.93. The number of benzene rings is 2. The number of hydrazine groups is 1. The van der Waals surface area contributed by atoms with Gasteiger partial charge in [-0.2, -0.15) is 0 Å². The fourth-order valence-electron chi connectivity index (χ4n) is 1.95. The third-order valence-electron chi connectivity index (χ3n) is 3.45. The van der Waals surface area contributed by atoms with Crippen LogP contribution < -0.4 is 16.2 Å². The van der Waals surface area contributed by atoms with Crippen molar-refractivity contribution in [1.82, 2.24) is 10.9 Å². The quantitative estimate of drug-likeness (QED) is 0.454. The van der Waals surface area contributed by atoms with Crippen LogP contribution in [0.4, 0.5) is 10.1 Å². The van der Waals surface area contributed by atoms with Crippen molar-refractivity contribution < 1.29 is 9.18 Å². The Labute approximate surface area is 145 Å². The summed E-state index contributed by atoms with van der Waals surface area (Å²) in [6.07, 6.45) is 2.92. The molecule has 2 aromatic rings. The molecular formula is C18H18FN3OS. The molecule has 0 aliphatic rings. The van der Waals surface area contributed by atoms with E-state index in [-0.39, 0.29) is 16.8 Å². The predicted molar refractivity (Wildman–Crippen MR) is 98.8 cm³/mol. The number of halogens is 1. The molecule has 0 aliphatic carbocycles. The summed E-state index contributed by atoms with van der Waals surface area (Å²) < 4.78 is 12.8. The number of anilines is 1. The molecule has 0 radical (unpaired) electrons. The minimum Gasteiger partial charge on any atom is -0.331 e. The maximum Gasteiger partial charge on any atom is 0.262 e. The molecule has 2 rings (SSSR count). The average molecular weight is 343 g/mol. The van der Waals surface area contributed by atoms with Crippen molar-refractivity contribution in [2.75, 3.05) is 5.32 Å². The van der Waals surface area contributed by atoms with Crippen LogP contribution in [-0.4, -0.2) is 11.0 Å². The van der Waals surface area contributed by atoms with Crippen molar-refractivity contribution >= 4 is 35.0 Å². The lowest BCUT2D eigenvalue weighted by molar-refractivity contribution is -0.116. The third-order valence-corrected chi connectivity index (χ3v) is 3.65. The van der Waals surface area contributed by atoms with Gasteiger partial charge < -0.3 is 5.32 Å². The Morgan fingerprint density at radius 2 is 1.79 bits per heavy atom. The van der Waals surface area contributed by atoms with Gasteiger partial charge in [0.1, 0.15) is 5.82 Å². The third kappa shape index (κ3) is 5.17. The van der Waals surface area contributed by atoms with Crippen LogP contribution in [0.1, 0.15) is 16.7 Å². The Hall–Kier alpha value is -2.73. The van der Waals surface area contributed by atoms with Crippen LogP contribution in [-0.2, 0) is 4.79 Å². The van der Waals surface area contributed by atoms with E-state index < -0.39 is 0 Å². The lowest BCUT2D eigenvalue weighted by atomic mass is 10.1. The van der Waals surface area contributed by atoms with Crippen molar-refractivity contribution in [3.8, 4) is 0 Å². The van der Waals surface area contributed by atoms with Gasteiger partial charge in [0.2, 0.25) is 0 Å². The molecule has 0 atom stereocenters. The molecule has 0 saturated heterocycles. The lowest BCUT2D eigenvalue weighted by Crippen LogP contribution is -2.43. The van der Waals surface area contributed by atoms with E-state index in [1.807, 2.05) is 32.0 Å². The summed E-state index contributed by atoms with van der Waals surface area (Å²) in [7, 11) is 0. The largest absolute Gasteiger partial charge is 0.331 e. The Kier molecular flexibility index (Phi) is 6.03. The summed E-state index contributed by atoms with van der Waals surface area (Å²) in [6, 6.07) is 11.7. The number of carbonyl (C=O) groups is 1. The van der Waals surface area contributed by atoms with E-state index in [1.165, 1.54) is 18.2 Å². The number of aryl methyl sites for hydroxylation is 1. The zero-order chi connectivity index (χ0) is 17.5. The van der Waals surface area contributed by atoms with E-state index in [9.17, 15) is 9.18 Å². The molecule has 0 aliphatic heterocycles. The molecule has 2 aromatic carbocycles. The zero-order valence-corrected chi connectivity index (χ0v) is 14.2. The molecule has 3 N–H and O–H groups in total. The van der Waals surface area contributed by atoms with Gasteiger partial charge in [0.25, 0.3) is 5.91 Å². The SMILES string of the molecule is Cc1cccc(NC(=S)NNC(=O)/C=C/c2ccc(F)cc2)c1C. The molecule has 0 fully saturated rings. The van der Waals surface area contributed by atoms with Crippen molar-refractivity contribution in [2.45, 2.75) is 13.8 Å². The standard InChI is InChI=1S/C18H18FN3OS/c1-12-4-3-5-16(13(12)2)20-18(24)22-21-17(23)11-8-14-6-9-15(19)10-7-14/h3-11H,1-2H3,(H,21,23)(H2,20,22,24)/b11-8+. The smallest absolute Gasteiger partial charge is 0.262 e. The van der Waals surface area contributed by atoms with Gasteiger partial charge in [-0.1, -0.05) is 24.3 Å². The van der Waals surface area contributed by atoms with Crippen LogP contribution in [0.25, 0.3) is 6.08 Å². The Morgan fingerprint density at radius 1 is 1.08 bits per heavy atom. The maximum atomic E-state index is 12.8. The number of amides is 1. The minimum atomic E-state index is -0.371. The molecule has 0 bridgehead atoms. The Balaban J connectivity index is 1.84. The number of rotatable bonds is 3. The van der Waals surface area contributed by atoms with E-state index in [1.54, 1.807) is 18.2 Å². The average Bonchev–Trinajstić information content (AvgIpc) is 2.56. The fourth-order valence-corrected chi connectivity index (χ4v) is 2.11.